The molecule has 1 aliphatic carbocycles. The molecule has 0 spiro atoms. The Balaban J connectivity index is 1.92. The molecule has 0 N–H and O–H groups in total. The number of hydrogen-bond donors (Lipinski definition) is 0. The van der Waals surface area contributed by atoms with Crippen molar-refractivity contribution in [2.24, 2.45) is 21.1 Å². The quantitative estimate of drug-likeness (QED) is 0.551. The summed E-state index contributed by atoms with van der Waals surface area (Å²) in [5.41, 5.74) is 0. The second-order valence-electron chi connectivity index (χ2n) is 3.15. The van der Waals surface area contributed by atoms with Crippen molar-refractivity contribution in [1.29, 1.82) is 0 Å². The van der Waals surface area contributed by atoms with Crippen LogP contribution in [0, 0.1) is 12.1 Å². The third-order valence-corrected chi connectivity index (χ3v) is 2.37. The molecule has 1 heterocycles. The van der Waals surface area contributed by atoms with Crippen LogP contribution < -0.4 is 0 Å². The lowest BCUT2D eigenvalue weighted by Crippen LogP contribution is -2.11. The van der Waals surface area contributed by atoms with Gasteiger partial charge in [0.15, 0.2) is 0 Å². The Hall–Kier alpha value is -0.730. The van der Waals surface area contributed by atoms with Gasteiger partial charge in [0.1, 0.15) is 6.34 Å². The second-order valence-corrected chi connectivity index (χ2v) is 3.15. The van der Waals surface area contributed by atoms with Gasteiger partial charge in [0.25, 0.3) is 0 Å². The normalized spacial score (nSPS) is 26.5. The van der Waals surface area contributed by atoms with E-state index >= 15 is 0 Å². The number of aliphatic imine (C=N–C) groups is 1. The predicted octanol–water partition coefficient (Wildman–Crippen LogP) is 2.55. The Morgan fingerprint density at radius 2 is 2.00 bits per heavy atom. The first kappa shape index (κ1) is 6.95. The molecule has 0 unspecified atom stereocenters. The summed E-state index contributed by atoms with van der Waals surface area (Å²) in [6.45, 7) is 0. The monoisotopic (exact) mass is 150 g/mol. The summed E-state index contributed by atoms with van der Waals surface area (Å²) in [5.74, 6) is 0.603. The SMILES string of the molecule is C1=N[C](C2CCCCC2)N=N1. The van der Waals surface area contributed by atoms with Crippen molar-refractivity contribution in [1.82, 2.24) is 0 Å². The molecule has 0 saturated heterocycles. The lowest BCUT2D eigenvalue weighted by Gasteiger charge is -2.21. The molecule has 0 aromatic heterocycles. The third kappa shape index (κ3) is 1.47. The van der Waals surface area contributed by atoms with Gasteiger partial charge in [0.05, 0.1) is 0 Å². The highest BCUT2D eigenvalue weighted by Crippen LogP contribution is 2.33. The highest BCUT2D eigenvalue weighted by molar-refractivity contribution is 5.57. The molecule has 1 fully saturated rings. The zero-order valence-electron chi connectivity index (χ0n) is 6.53. The van der Waals surface area contributed by atoms with Crippen molar-refractivity contribution in [2.45, 2.75) is 32.1 Å². The molecular formula is C8H12N3. The van der Waals surface area contributed by atoms with Crippen LogP contribution in [0.15, 0.2) is 15.2 Å². The maximum Gasteiger partial charge on any atom is 0.222 e. The Labute approximate surface area is 66.6 Å². The third-order valence-electron chi connectivity index (χ3n) is 2.37. The van der Waals surface area contributed by atoms with E-state index in [0.29, 0.717) is 5.92 Å². The first-order valence-electron chi connectivity index (χ1n) is 4.27. The minimum atomic E-state index is 0.603. The van der Waals surface area contributed by atoms with Gasteiger partial charge >= 0.3 is 0 Å². The number of nitrogens with zero attached hydrogens (tertiary/aromatic N) is 3. The smallest absolute Gasteiger partial charge is 0.222 e. The average molecular weight is 150 g/mol. The van der Waals surface area contributed by atoms with E-state index in [9.17, 15) is 0 Å². The standard InChI is InChI=1S/C8H12N3/c1-2-4-7(5-3-1)8-9-6-10-11-8/h6-7H,1-5H2. The van der Waals surface area contributed by atoms with Crippen molar-refractivity contribution in [3.63, 3.8) is 0 Å². The zero-order chi connectivity index (χ0) is 7.52. The van der Waals surface area contributed by atoms with Gasteiger partial charge < -0.3 is 0 Å². The molecule has 3 nitrogen and oxygen atoms in total. The van der Waals surface area contributed by atoms with Crippen LogP contribution in [0.4, 0.5) is 0 Å². The topological polar surface area (TPSA) is 37.1 Å². The lowest BCUT2D eigenvalue weighted by atomic mass is 9.87. The zero-order valence-corrected chi connectivity index (χ0v) is 6.53. The first-order valence-corrected chi connectivity index (χ1v) is 4.27. The molecule has 0 aromatic rings. The van der Waals surface area contributed by atoms with Crippen molar-refractivity contribution in [3.05, 3.63) is 6.17 Å². The van der Waals surface area contributed by atoms with Crippen LogP contribution in [0.1, 0.15) is 32.1 Å². The van der Waals surface area contributed by atoms with Crippen molar-refractivity contribution >= 4 is 6.34 Å². The van der Waals surface area contributed by atoms with Gasteiger partial charge in [0.2, 0.25) is 6.17 Å². The highest BCUT2D eigenvalue weighted by Gasteiger charge is 2.25. The van der Waals surface area contributed by atoms with Crippen molar-refractivity contribution in [2.75, 3.05) is 0 Å². The van der Waals surface area contributed by atoms with Gasteiger partial charge in [-0.15, -0.1) is 5.11 Å². The molecule has 59 valence electrons. The molecule has 3 heteroatoms. The fourth-order valence-electron chi connectivity index (χ4n) is 1.74. The molecule has 1 aliphatic heterocycles. The van der Waals surface area contributed by atoms with E-state index in [-0.39, 0.29) is 0 Å². The average Bonchev–Trinajstić information content (AvgIpc) is 2.58. The lowest BCUT2D eigenvalue weighted by molar-refractivity contribution is 0.364. The predicted molar refractivity (Wildman–Crippen MR) is 43.2 cm³/mol. The molecular weight excluding hydrogens is 138 g/mol. The van der Waals surface area contributed by atoms with Crippen molar-refractivity contribution < 1.29 is 0 Å². The van der Waals surface area contributed by atoms with E-state index in [2.05, 4.69) is 15.2 Å². The first-order chi connectivity index (χ1) is 5.47. The van der Waals surface area contributed by atoms with E-state index in [1.54, 1.807) is 6.34 Å². The van der Waals surface area contributed by atoms with Crippen molar-refractivity contribution in [3.8, 4) is 0 Å². The fourth-order valence-corrected chi connectivity index (χ4v) is 1.74. The molecule has 1 saturated carbocycles. The molecule has 2 aliphatic rings. The van der Waals surface area contributed by atoms with E-state index in [4.69, 9.17) is 0 Å². The van der Waals surface area contributed by atoms with Gasteiger partial charge in [-0.25, -0.2) is 4.99 Å². The minimum Gasteiger partial charge on any atom is -0.235 e. The summed E-state index contributed by atoms with van der Waals surface area (Å²) in [7, 11) is 0. The van der Waals surface area contributed by atoms with E-state index in [1.165, 1.54) is 32.1 Å². The van der Waals surface area contributed by atoms with Crippen LogP contribution in [-0.2, 0) is 0 Å². The summed E-state index contributed by atoms with van der Waals surface area (Å²) >= 11 is 0. The summed E-state index contributed by atoms with van der Waals surface area (Å²) in [6.07, 6.45) is 9.06. The molecule has 0 aromatic carbocycles. The Bertz CT molecular complexity index is 168. The van der Waals surface area contributed by atoms with Gasteiger partial charge in [-0.1, -0.05) is 19.3 Å². The number of azo groups is 1. The second kappa shape index (κ2) is 3.11. The van der Waals surface area contributed by atoms with E-state index < -0.39 is 0 Å². The minimum absolute atomic E-state index is 0.603. The molecule has 0 amide bonds. The maximum atomic E-state index is 4.12. The van der Waals surface area contributed by atoms with Gasteiger partial charge in [-0.2, -0.15) is 5.11 Å². The highest BCUT2D eigenvalue weighted by atomic mass is 15.3. The molecule has 0 atom stereocenters. The Morgan fingerprint density at radius 3 is 2.64 bits per heavy atom. The Kier molecular flexibility index (Phi) is 1.97. The summed E-state index contributed by atoms with van der Waals surface area (Å²) in [6, 6.07) is 0. The molecule has 1 radical (unpaired) electrons. The van der Waals surface area contributed by atoms with Gasteiger partial charge in [-0.3, -0.25) is 0 Å². The van der Waals surface area contributed by atoms with Gasteiger partial charge in [0, 0.05) is 5.92 Å². The van der Waals surface area contributed by atoms with Crippen LogP contribution in [0.5, 0.6) is 0 Å². The summed E-state index contributed by atoms with van der Waals surface area (Å²) in [4.78, 5) is 4.12. The van der Waals surface area contributed by atoms with Crippen LogP contribution in [0.3, 0.4) is 0 Å². The van der Waals surface area contributed by atoms with E-state index in [1.807, 2.05) is 0 Å². The molecule has 11 heavy (non-hydrogen) atoms. The van der Waals surface area contributed by atoms with E-state index in [0.717, 1.165) is 6.17 Å². The number of rotatable bonds is 1. The maximum absolute atomic E-state index is 4.12. The Morgan fingerprint density at radius 1 is 1.18 bits per heavy atom. The van der Waals surface area contributed by atoms with Crippen LogP contribution in [-0.4, -0.2) is 6.34 Å². The van der Waals surface area contributed by atoms with Crippen LogP contribution >= 0.6 is 0 Å². The summed E-state index contributed by atoms with van der Waals surface area (Å²) < 4.78 is 0. The van der Waals surface area contributed by atoms with Crippen LogP contribution in [0.2, 0.25) is 0 Å². The fraction of sp³-hybridized carbons (Fsp3) is 0.750. The summed E-state index contributed by atoms with van der Waals surface area (Å²) in [5, 5.41) is 7.72. The molecule has 0 bridgehead atoms. The van der Waals surface area contributed by atoms with Crippen LogP contribution in [0.25, 0.3) is 0 Å². The van der Waals surface area contributed by atoms with Gasteiger partial charge in [-0.05, 0) is 12.8 Å². The molecule has 2 rings (SSSR count). The largest absolute Gasteiger partial charge is 0.235 e. The number of hydrogen-bond acceptors (Lipinski definition) is 3.